The number of carbonyl (C=O) groups excluding carboxylic acids is 1. The molecule has 0 aliphatic carbocycles. The molecule has 0 spiro atoms. The van der Waals surface area contributed by atoms with Crippen molar-refractivity contribution in [2.45, 2.75) is 0 Å². The molecule has 0 aromatic rings. The topological polar surface area (TPSA) is 98.2 Å². The molecule has 0 atom stereocenters. The maximum atomic E-state index is 8.29. The van der Waals surface area contributed by atoms with E-state index in [1.807, 2.05) is 6.79 Å². The predicted octanol–water partition coefficient (Wildman–Crippen LogP) is -6.03. The number of hydrogen-bond donors (Lipinski definition) is 1. The van der Waals surface area contributed by atoms with Crippen molar-refractivity contribution >= 4 is 19.1 Å². The van der Waals surface area contributed by atoms with Gasteiger partial charge < -0.3 is 32.4 Å². The normalized spacial score (nSPS) is 2.75. The van der Waals surface area contributed by atoms with Gasteiger partial charge in [0.2, 0.25) is 0 Å². The minimum Gasteiger partial charge on any atom is -0.811 e. The van der Waals surface area contributed by atoms with Gasteiger partial charge >= 0.3 is 59.1 Å². The fraction of sp³-hybridized carbons (Fsp3) is 0. The van der Waals surface area contributed by atoms with E-state index >= 15 is 0 Å². The quantitative estimate of drug-likeness (QED) is 0.279. The molecule has 0 aromatic carbocycles. The Bertz CT molecular complexity index is 21.2. The van der Waals surface area contributed by atoms with E-state index in [1.54, 1.807) is 0 Å². The molecule has 8 heavy (non-hydrogen) atoms. The van der Waals surface area contributed by atoms with Crippen LogP contribution in [0.3, 0.4) is 0 Å². The van der Waals surface area contributed by atoms with Crippen LogP contribution in [0.2, 0.25) is 0 Å². The summed E-state index contributed by atoms with van der Waals surface area (Å²) >= 11 is -0.750. The summed E-state index contributed by atoms with van der Waals surface area (Å²) in [7, 11) is 0. The van der Waals surface area contributed by atoms with E-state index in [2.05, 4.69) is 0 Å². The summed E-state index contributed by atoms with van der Waals surface area (Å²) < 4.78 is 16.6. The molecule has 0 amide bonds. The predicted molar refractivity (Wildman–Crippen MR) is 21.3 cm³/mol. The van der Waals surface area contributed by atoms with Gasteiger partial charge in [0.05, 0.1) is 0 Å². The Morgan fingerprint density at radius 1 is 1.12 bits per heavy atom. The van der Waals surface area contributed by atoms with Crippen molar-refractivity contribution in [3.05, 3.63) is 0 Å². The first-order chi connectivity index (χ1) is 2.41. The van der Waals surface area contributed by atoms with Gasteiger partial charge in [0.1, 0.15) is 6.79 Å². The van der Waals surface area contributed by atoms with Gasteiger partial charge in [0, 0.05) is 0 Å². The molecule has 3 N–H and O–H groups in total. The fourth-order valence-electron chi connectivity index (χ4n) is 0. The Labute approximate surface area is 97.0 Å². The van der Waals surface area contributed by atoms with E-state index in [-0.39, 0.29) is 65.3 Å². The second-order valence-electron chi connectivity index (χ2n) is 0.0680. The third kappa shape index (κ3) is 104. The Morgan fingerprint density at radius 3 is 1.12 bits per heavy atom. The molecule has 0 saturated heterocycles. The standard InChI is InChI=1S/CH2O.H3N.2Na.H2O2S/c1-2;;;;1-3-2/h1H2;1H3;;;1-2H/q;;2*+1;/p-2. The molecule has 0 aromatic heterocycles. The fourth-order valence-corrected chi connectivity index (χ4v) is 0. The van der Waals surface area contributed by atoms with Gasteiger partial charge in [-0.2, -0.15) is 0 Å². The summed E-state index contributed by atoms with van der Waals surface area (Å²) in [5, 5.41) is 0. The van der Waals surface area contributed by atoms with Gasteiger partial charge in [-0.05, 0) is 0 Å². The van der Waals surface area contributed by atoms with E-state index in [9.17, 15) is 0 Å². The summed E-state index contributed by atoms with van der Waals surface area (Å²) in [5.74, 6) is 0. The average molecular weight is 157 g/mol. The molecule has 0 bridgehead atoms. The van der Waals surface area contributed by atoms with E-state index in [4.69, 9.17) is 13.9 Å². The molecule has 0 unspecified atom stereocenters. The van der Waals surface area contributed by atoms with Gasteiger partial charge in [-0.15, -0.1) is 0 Å². The van der Waals surface area contributed by atoms with Crippen LogP contribution in [0.4, 0.5) is 0 Å². The van der Waals surface area contributed by atoms with Gasteiger partial charge in [0.15, 0.2) is 0 Å². The largest absolute Gasteiger partial charge is 1.00 e. The minimum absolute atomic E-state index is 0. The summed E-state index contributed by atoms with van der Waals surface area (Å²) in [5.41, 5.74) is 0. The Balaban J connectivity index is -0.00000000567. The van der Waals surface area contributed by atoms with Crippen LogP contribution in [0.25, 0.3) is 0 Å². The van der Waals surface area contributed by atoms with Crippen molar-refractivity contribution in [1.82, 2.24) is 6.15 Å². The van der Waals surface area contributed by atoms with E-state index in [1.165, 1.54) is 0 Å². The van der Waals surface area contributed by atoms with Crippen LogP contribution in [-0.2, 0) is 4.79 Å². The minimum atomic E-state index is -0.750. The Hall–Kier alpha value is 1.90. The van der Waals surface area contributed by atoms with Crippen LogP contribution < -0.4 is 65.3 Å². The van der Waals surface area contributed by atoms with Crippen molar-refractivity contribution in [1.29, 1.82) is 0 Å². The van der Waals surface area contributed by atoms with Gasteiger partial charge in [0.25, 0.3) is 0 Å². The molecule has 0 aliphatic heterocycles. The number of carbonyl (C=O) groups is 1. The Kier molecular flexibility index (Phi) is 270. The summed E-state index contributed by atoms with van der Waals surface area (Å²) in [6.07, 6.45) is 0. The van der Waals surface area contributed by atoms with Gasteiger partial charge in [-0.1, -0.05) is 0 Å². The van der Waals surface area contributed by atoms with Crippen LogP contribution in [0, 0.1) is 0 Å². The van der Waals surface area contributed by atoms with Crippen LogP contribution in [0.15, 0.2) is 0 Å². The molecule has 0 fully saturated rings. The second kappa shape index (κ2) is 66.0. The number of hydrogen-bond acceptors (Lipinski definition) is 5. The maximum absolute atomic E-state index is 8.29. The summed E-state index contributed by atoms with van der Waals surface area (Å²) in [6, 6.07) is 0. The summed E-state index contributed by atoms with van der Waals surface area (Å²) in [6.45, 7) is 2.00. The van der Waals surface area contributed by atoms with E-state index in [0.717, 1.165) is 0 Å². The SMILES string of the molecule is C=O.N.[Na+].[Na+].[O-]S[O-]. The monoisotopic (exact) mass is 157 g/mol. The second-order valence-corrected chi connectivity index (χ2v) is 0.204. The van der Waals surface area contributed by atoms with Crippen molar-refractivity contribution in [2.75, 3.05) is 0 Å². The van der Waals surface area contributed by atoms with E-state index < -0.39 is 12.3 Å². The molecule has 0 saturated carbocycles. The number of rotatable bonds is 0. The van der Waals surface area contributed by atoms with Crippen LogP contribution in [0.1, 0.15) is 0 Å². The van der Waals surface area contributed by atoms with Crippen molar-refractivity contribution in [3.8, 4) is 0 Å². The molecule has 0 aliphatic rings. The van der Waals surface area contributed by atoms with Crippen LogP contribution in [0.5, 0.6) is 0 Å². The van der Waals surface area contributed by atoms with E-state index in [0.29, 0.717) is 0 Å². The smallest absolute Gasteiger partial charge is 0.811 e. The first-order valence-corrected chi connectivity index (χ1v) is 1.29. The molecule has 0 radical (unpaired) electrons. The summed E-state index contributed by atoms with van der Waals surface area (Å²) in [4.78, 5) is 8.00. The van der Waals surface area contributed by atoms with Gasteiger partial charge in [-0.25, -0.2) is 0 Å². The molecule has 7 heteroatoms. The maximum Gasteiger partial charge on any atom is 1.00 e. The first-order valence-electron chi connectivity index (χ1n) is 0.622. The average Bonchev–Trinajstić information content (AvgIpc) is 1.46. The third-order valence-corrected chi connectivity index (χ3v) is 0. The zero-order valence-electron chi connectivity index (χ0n) is 5.05. The van der Waals surface area contributed by atoms with Crippen molar-refractivity contribution in [2.24, 2.45) is 0 Å². The zero-order valence-corrected chi connectivity index (χ0v) is 9.86. The Morgan fingerprint density at radius 2 is 1.12 bits per heavy atom. The molecule has 0 rings (SSSR count). The zero-order chi connectivity index (χ0) is 4.71. The molecule has 4 nitrogen and oxygen atoms in total. The van der Waals surface area contributed by atoms with Crippen LogP contribution in [-0.4, -0.2) is 15.9 Å². The van der Waals surface area contributed by atoms with Crippen LogP contribution >= 0.6 is 12.3 Å². The van der Waals surface area contributed by atoms with Crippen molar-refractivity contribution < 1.29 is 73.0 Å². The molecular weight excluding hydrogens is 152 g/mol. The van der Waals surface area contributed by atoms with Crippen molar-refractivity contribution in [3.63, 3.8) is 0 Å². The molecular formula is CH5NNa2O3S. The first kappa shape index (κ1) is 32.7. The van der Waals surface area contributed by atoms with Gasteiger partial charge in [-0.3, -0.25) is 0 Å². The third-order valence-electron chi connectivity index (χ3n) is 0. The molecule has 0 heterocycles. The molecule has 40 valence electrons.